The Balaban J connectivity index is 0.000000255. The lowest BCUT2D eigenvalue weighted by atomic mass is 10.3. The third kappa shape index (κ3) is 6.67. The van der Waals surface area contributed by atoms with Crippen LogP contribution >= 0.6 is 22.7 Å². The normalized spacial score (nSPS) is 12.0. The van der Waals surface area contributed by atoms with E-state index < -0.39 is 8.32 Å². The summed E-state index contributed by atoms with van der Waals surface area (Å²) in [6, 6.07) is 9.98. The molecule has 0 spiro atoms. The molecule has 2 aromatic rings. The summed E-state index contributed by atoms with van der Waals surface area (Å²) in [5.41, 5.74) is 0. The van der Waals surface area contributed by atoms with Crippen LogP contribution < -0.4 is 0 Å². The molecule has 0 fully saturated rings. The minimum Gasteiger partial charge on any atom is -0.398 e. The Morgan fingerprint density at radius 1 is 1.14 bits per heavy atom. The summed E-state index contributed by atoms with van der Waals surface area (Å²) in [6.07, 6.45) is 0.498. The van der Waals surface area contributed by atoms with Gasteiger partial charge in [0.25, 0.3) is 0 Å². The third-order valence-corrected chi connectivity index (χ3v) is 5.40. The molecule has 3 nitrogen and oxygen atoms in total. The lowest BCUT2D eigenvalue weighted by Gasteiger charge is -2.20. The Bertz CT molecular complexity index is 650. The summed E-state index contributed by atoms with van der Waals surface area (Å²) in [4.78, 5) is 14.3. The van der Waals surface area contributed by atoms with Crippen LogP contribution in [-0.2, 0) is 4.43 Å². The summed E-state index contributed by atoms with van der Waals surface area (Å²) in [5.74, 6) is 0. The molecule has 2 rings (SSSR count). The molecular weight excluding hydrogens is 330 g/mol. The zero-order valence-electron chi connectivity index (χ0n) is 13.5. The van der Waals surface area contributed by atoms with E-state index in [0.29, 0.717) is 0 Å². The van der Waals surface area contributed by atoms with Crippen molar-refractivity contribution >= 4 is 37.3 Å². The lowest BCUT2D eigenvalue weighted by Crippen LogP contribution is -2.27. The topological polar surface area (TPSA) is 50.1 Å². The van der Waals surface area contributed by atoms with Crippen molar-refractivity contribution in [2.75, 3.05) is 0 Å². The van der Waals surface area contributed by atoms with E-state index in [0.717, 1.165) is 16.0 Å². The van der Waals surface area contributed by atoms with Gasteiger partial charge in [-0.25, -0.2) is 0 Å². The van der Waals surface area contributed by atoms with Crippen molar-refractivity contribution in [1.82, 2.24) is 0 Å². The molecule has 0 aromatic carbocycles. The molecular formula is C16H21NO2S2Si. The van der Waals surface area contributed by atoms with Crippen LogP contribution in [0.5, 0.6) is 0 Å². The number of hydrogen-bond donors (Lipinski definition) is 0. The predicted octanol–water partition coefficient (Wildman–Crippen LogP) is 5.34. The van der Waals surface area contributed by atoms with E-state index in [2.05, 4.69) is 25.7 Å². The van der Waals surface area contributed by atoms with E-state index in [1.165, 1.54) is 21.1 Å². The molecule has 0 radical (unpaired) electrons. The second kappa shape index (κ2) is 8.39. The highest BCUT2D eigenvalue weighted by Crippen LogP contribution is 2.27. The van der Waals surface area contributed by atoms with Gasteiger partial charge in [-0.3, -0.25) is 4.79 Å². The maximum Gasteiger partial charge on any atom is 0.186 e. The van der Waals surface area contributed by atoms with Gasteiger partial charge < -0.3 is 4.43 Å². The molecule has 1 unspecified atom stereocenters. The first-order valence-corrected chi connectivity index (χ1v) is 11.9. The summed E-state index contributed by atoms with van der Waals surface area (Å²) < 4.78 is 5.77. The summed E-state index contributed by atoms with van der Waals surface area (Å²) in [5, 5.41) is 9.01. The number of aryl methyl sites for hydroxylation is 2. The molecule has 6 heteroatoms. The number of hydrogen-bond acceptors (Lipinski definition) is 5. The van der Waals surface area contributed by atoms with Crippen molar-refractivity contribution in [3.63, 3.8) is 0 Å². The number of carbonyl (C=O) groups is 1. The third-order valence-electron chi connectivity index (χ3n) is 2.49. The van der Waals surface area contributed by atoms with Crippen molar-refractivity contribution in [1.29, 1.82) is 5.26 Å². The van der Waals surface area contributed by atoms with E-state index in [1.807, 2.05) is 38.1 Å². The first-order chi connectivity index (χ1) is 10.2. The van der Waals surface area contributed by atoms with Gasteiger partial charge in [0.15, 0.2) is 20.7 Å². The van der Waals surface area contributed by atoms with Crippen LogP contribution in [0.3, 0.4) is 0 Å². The summed E-state index contributed by atoms with van der Waals surface area (Å²) in [6.45, 7) is 10.3. The summed E-state index contributed by atoms with van der Waals surface area (Å²) in [7, 11) is -1.63. The Morgan fingerprint density at radius 2 is 1.73 bits per heavy atom. The molecule has 0 amide bonds. The molecule has 2 aromatic heterocycles. The van der Waals surface area contributed by atoms with Crippen LogP contribution in [0, 0.1) is 25.2 Å². The molecule has 0 bridgehead atoms. The van der Waals surface area contributed by atoms with Crippen LogP contribution in [0.4, 0.5) is 0 Å². The molecule has 0 saturated heterocycles. The molecule has 0 N–H and O–H groups in total. The average Bonchev–Trinajstić information content (AvgIpc) is 3.04. The predicted molar refractivity (Wildman–Crippen MR) is 96.3 cm³/mol. The van der Waals surface area contributed by atoms with Gasteiger partial charge >= 0.3 is 0 Å². The molecule has 0 aliphatic carbocycles. The zero-order chi connectivity index (χ0) is 16.8. The van der Waals surface area contributed by atoms with E-state index in [9.17, 15) is 4.79 Å². The fraction of sp³-hybridized carbons (Fsp3) is 0.375. The molecule has 118 valence electrons. The first kappa shape index (κ1) is 18.8. The van der Waals surface area contributed by atoms with E-state index in [4.69, 9.17) is 9.69 Å². The molecule has 22 heavy (non-hydrogen) atoms. The van der Waals surface area contributed by atoms with Crippen molar-refractivity contribution in [3.05, 3.63) is 43.8 Å². The van der Waals surface area contributed by atoms with E-state index >= 15 is 0 Å². The number of rotatable bonds is 4. The SMILES string of the molecule is Cc1ccc(C(C#N)O[Si](C)(C)C)s1.Cc1ccc(C=O)s1. The molecule has 0 aliphatic rings. The standard InChI is InChI=1S/C10H15NOSSi.C6H6OS/c1-8-5-6-10(13-8)9(7-11)12-14(2,3)4;1-5-2-3-6(4-7)8-5/h5-6,9H,1-4H3;2-4H,1H3. The second-order valence-electron chi connectivity index (χ2n) is 5.75. The quantitative estimate of drug-likeness (QED) is 0.551. The summed E-state index contributed by atoms with van der Waals surface area (Å²) >= 11 is 3.16. The van der Waals surface area contributed by atoms with Gasteiger partial charge in [0.05, 0.1) is 10.9 Å². The van der Waals surface area contributed by atoms with Gasteiger partial charge in [0, 0.05) is 14.6 Å². The van der Waals surface area contributed by atoms with Crippen LogP contribution in [0.25, 0.3) is 0 Å². The number of nitrogens with zero attached hydrogens (tertiary/aromatic N) is 1. The highest BCUT2D eigenvalue weighted by molar-refractivity contribution is 7.13. The highest BCUT2D eigenvalue weighted by Gasteiger charge is 2.22. The molecule has 1 atom stereocenters. The minimum absolute atomic E-state index is 0.375. The van der Waals surface area contributed by atoms with Crippen molar-refractivity contribution in [2.24, 2.45) is 0 Å². The van der Waals surface area contributed by atoms with Crippen LogP contribution in [-0.4, -0.2) is 14.6 Å². The van der Waals surface area contributed by atoms with Gasteiger partial charge in [-0.05, 0) is 57.8 Å². The Labute approximate surface area is 141 Å². The van der Waals surface area contributed by atoms with E-state index in [-0.39, 0.29) is 6.10 Å². The lowest BCUT2D eigenvalue weighted by molar-refractivity contribution is 0.112. The van der Waals surface area contributed by atoms with Gasteiger partial charge in [0.1, 0.15) is 0 Å². The number of thiophene rings is 2. The van der Waals surface area contributed by atoms with Gasteiger partial charge in [-0.2, -0.15) is 5.26 Å². The number of nitriles is 1. The van der Waals surface area contributed by atoms with Crippen LogP contribution in [0.1, 0.15) is 30.4 Å². The zero-order valence-corrected chi connectivity index (χ0v) is 16.2. The van der Waals surface area contributed by atoms with Crippen molar-refractivity contribution < 1.29 is 9.22 Å². The van der Waals surface area contributed by atoms with Crippen molar-refractivity contribution in [3.8, 4) is 6.07 Å². The van der Waals surface area contributed by atoms with Crippen molar-refractivity contribution in [2.45, 2.75) is 39.6 Å². The maximum atomic E-state index is 10.0. The fourth-order valence-corrected chi connectivity index (χ4v) is 4.13. The Kier molecular flexibility index (Phi) is 7.16. The number of carbonyl (C=O) groups excluding carboxylic acids is 1. The van der Waals surface area contributed by atoms with Crippen LogP contribution in [0.2, 0.25) is 19.6 Å². The number of aldehydes is 1. The van der Waals surface area contributed by atoms with Gasteiger partial charge in [-0.1, -0.05) is 0 Å². The van der Waals surface area contributed by atoms with Crippen LogP contribution in [0.15, 0.2) is 24.3 Å². The van der Waals surface area contributed by atoms with E-state index in [1.54, 1.807) is 11.3 Å². The second-order valence-corrected chi connectivity index (χ2v) is 12.9. The first-order valence-electron chi connectivity index (χ1n) is 6.90. The average molecular weight is 352 g/mol. The smallest absolute Gasteiger partial charge is 0.186 e. The largest absolute Gasteiger partial charge is 0.398 e. The van der Waals surface area contributed by atoms with Gasteiger partial charge in [-0.15, -0.1) is 22.7 Å². The molecule has 2 heterocycles. The minimum atomic E-state index is -1.63. The molecule has 0 aliphatic heterocycles. The fourth-order valence-electron chi connectivity index (χ4n) is 1.61. The Morgan fingerprint density at radius 3 is 2.05 bits per heavy atom. The Hall–Kier alpha value is -1.26. The maximum absolute atomic E-state index is 10.0. The molecule has 0 saturated carbocycles. The van der Waals surface area contributed by atoms with Gasteiger partial charge in [0.2, 0.25) is 0 Å². The highest BCUT2D eigenvalue weighted by atomic mass is 32.1. The monoisotopic (exact) mass is 351 g/mol.